The Hall–Kier alpha value is -0.650. The Labute approximate surface area is 90.5 Å². The van der Waals surface area contributed by atoms with E-state index in [1.807, 2.05) is 0 Å². The fourth-order valence-corrected chi connectivity index (χ4v) is 1.53. The van der Waals surface area contributed by atoms with Crippen LogP contribution in [0.2, 0.25) is 0 Å². The molecule has 0 aromatic heterocycles. The summed E-state index contributed by atoms with van der Waals surface area (Å²) in [5, 5.41) is 0. The summed E-state index contributed by atoms with van der Waals surface area (Å²) >= 11 is 0. The lowest BCUT2D eigenvalue weighted by molar-refractivity contribution is -0.143. The van der Waals surface area contributed by atoms with Gasteiger partial charge in [-0.2, -0.15) is 0 Å². The van der Waals surface area contributed by atoms with Gasteiger partial charge < -0.3 is 20.1 Å². The Bertz CT molecular complexity index is 199. The van der Waals surface area contributed by atoms with Gasteiger partial charge in [0.25, 0.3) is 0 Å². The molecular weight excluding hydrogens is 196 g/mol. The summed E-state index contributed by atoms with van der Waals surface area (Å²) < 4.78 is 10.6. The Balaban J connectivity index is 2.25. The maximum absolute atomic E-state index is 11.6. The summed E-state index contributed by atoms with van der Waals surface area (Å²) in [6, 6.07) is 0. The molecule has 0 aromatic rings. The highest BCUT2D eigenvalue weighted by Gasteiger charge is 2.22. The van der Waals surface area contributed by atoms with Crippen molar-refractivity contribution >= 4 is 5.91 Å². The summed E-state index contributed by atoms with van der Waals surface area (Å²) in [6.07, 6.45) is 1.12. The molecule has 0 aromatic carbocycles. The molecule has 1 atom stereocenters. The molecule has 5 heteroatoms. The van der Waals surface area contributed by atoms with Crippen molar-refractivity contribution in [1.29, 1.82) is 0 Å². The van der Waals surface area contributed by atoms with Crippen molar-refractivity contribution in [3.8, 4) is 0 Å². The predicted octanol–water partition coefficient (Wildman–Crippen LogP) is -0.401. The van der Waals surface area contributed by atoms with Gasteiger partial charge in [-0.05, 0) is 6.42 Å². The van der Waals surface area contributed by atoms with Crippen molar-refractivity contribution in [3.05, 3.63) is 0 Å². The van der Waals surface area contributed by atoms with Crippen molar-refractivity contribution in [3.63, 3.8) is 0 Å². The van der Waals surface area contributed by atoms with Crippen LogP contribution in [0.25, 0.3) is 0 Å². The molecule has 0 spiro atoms. The van der Waals surface area contributed by atoms with E-state index in [-0.39, 0.29) is 18.6 Å². The minimum atomic E-state index is 0.0326. The molecule has 1 saturated heterocycles. The maximum Gasteiger partial charge on any atom is 0.248 e. The van der Waals surface area contributed by atoms with Crippen LogP contribution in [0.3, 0.4) is 0 Å². The summed E-state index contributed by atoms with van der Waals surface area (Å²) in [5.41, 5.74) is 5.27. The smallest absolute Gasteiger partial charge is 0.248 e. The van der Waals surface area contributed by atoms with Gasteiger partial charge in [0, 0.05) is 19.6 Å². The van der Waals surface area contributed by atoms with Gasteiger partial charge in [0.05, 0.1) is 19.3 Å². The molecule has 15 heavy (non-hydrogen) atoms. The molecule has 2 N–H and O–H groups in total. The standard InChI is InChI=1S/C10H20N2O3/c1-2-9-7-12(4-6-15-9)10(13)8-14-5-3-11/h9H,2-8,11H2,1H3. The van der Waals surface area contributed by atoms with E-state index in [1.54, 1.807) is 4.90 Å². The fourth-order valence-electron chi connectivity index (χ4n) is 1.53. The normalized spacial score (nSPS) is 21.7. The van der Waals surface area contributed by atoms with Gasteiger partial charge in [0.2, 0.25) is 5.91 Å². The first-order chi connectivity index (χ1) is 7.27. The Morgan fingerprint density at radius 2 is 2.47 bits per heavy atom. The third-order valence-corrected chi connectivity index (χ3v) is 2.43. The topological polar surface area (TPSA) is 64.8 Å². The summed E-state index contributed by atoms with van der Waals surface area (Å²) in [7, 11) is 0. The minimum Gasteiger partial charge on any atom is -0.375 e. The first kappa shape index (κ1) is 12.4. The van der Waals surface area contributed by atoms with E-state index < -0.39 is 0 Å². The monoisotopic (exact) mass is 216 g/mol. The second-order valence-corrected chi connectivity index (χ2v) is 3.58. The molecule has 1 fully saturated rings. The molecule has 0 bridgehead atoms. The van der Waals surface area contributed by atoms with E-state index in [0.29, 0.717) is 32.8 Å². The molecule has 1 amide bonds. The number of carbonyl (C=O) groups is 1. The highest BCUT2D eigenvalue weighted by atomic mass is 16.5. The highest BCUT2D eigenvalue weighted by Crippen LogP contribution is 2.08. The second-order valence-electron chi connectivity index (χ2n) is 3.58. The number of amides is 1. The van der Waals surface area contributed by atoms with E-state index in [0.717, 1.165) is 6.42 Å². The average Bonchev–Trinajstić information content (AvgIpc) is 2.29. The number of hydrogen-bond donors (Lipinski definition) is 1. The lowest BCUT2D eigenvalue weighted by Gasteiger charge is -2.32. The minimum absolute atomic E-state index is 0.0326. The largest absolute Gasteiger partial charge is 0.375 e. The zero-order valence-electron chi connectivity index (χ0n) is 9.28. The second kappa shape index (κ2) is 6.76. The van der Waals surface area contributed by atoms with Gasteiger partial charge in [0.15, 0.2) is 0 Å². The lowest BCUT2D eigenvalue weighted by Crippen LogP contribution is -2.46. The quantitative estimate of drug-likeness (QED) is 0.635. The molecular formula is C10H20N2O3. The summed E-state index contributed by atoms with van der Waals surface area (Å²) in [5.74, 6) is 0.0326. The average molecular weight is 216 g/mol. The SMILES string of the molecule is CCC1CN(C(=O)COCCN)CCO1. The van der Waals surface area contributed by atoms with Crippen LogP contribution in [-0.2, 0) is 14.3 Å². The first-order valence-corrected chi connectivity index (χ1v) is 5.45. The molecule has 0 saturated carbocycles. The molecule has 88 valence electrons. The first-order valence-electron chi connectivity index (χ1n) is 5.45. The fraction of sp³-hybridized carbons (Fsp3) is 0.900. The van der Waals surface area contributed by atoms with E-state index >= 15 is 0 Å². The van der Waals surface area contributed by atoms with Crippen molar-refractivity contribution in [1.82, 2.24) is 4.90 Å². The third kappa shape index (κ3) is 4.15. The number of rotatable bonds is 5. The Morgan fingerprint density at radius 3 is 3.13 bits per heavy atom. The van der Waals surface area contributed by atoms with Crippen LogP contribution < -0.4 is 5.73 Å². The number of carbonyl (C=O) groups excluding carboxylic acids is 1. The highest BCUT2D eigenvalue weighted by molar-refractivity contribution is 5.77. The number of nitrogens with two attached hydrogens (primary N) is 1. The molecule has 1 heterocycles. The van der Waals surface area contributed by atoms with Crippen LogP contribution in [0.15, 0.2) is 0 Å². The van der Waals surface area contributed by atoms with Crippen LogP contribution in [0.4, 0.5) is 0 Å². The van der Waals surface area contributed by atoms with E-state index in [4.69, 9.17) is 15.2 Å². The number of ether oxygens (including phenoxy) is 2. The molecule has 5 nitrogen and oxygen atoms in total. The van der Waals surface area contributed by atoms with Crippen molar-refractivity contribution < 1.29 is 14.3 Å². The third-order valence-electron chi connectivity index (χ3n) is 2.43. The molecule has 1 aliphatic rings. The number of hydrogen-bond acceptors (Lipinski definition) is 4. The van der Waals surface area contributed by atoms with Crippen molar-refractivity contribution in [2.45, 2.75) is 19.4 Å². The van der Waals surface area contributed by atoms with Crippen LogP contribution >= 0.6 is 0 Å². The van der Waals surface area contributed by atoms with Gasteiger partial charge >= 0.3 is 0 Å². The molecule has 1 rings (SSSR count). The number of nitrogens with zero attached hydrogens (tertiary/aromatic N) is 1. The number of morpholine rings is 1. The van der Waals surface area contributed by atoms with Gasteiger partial charge in [-0.3, -0.25) is 4.79 Å². The van der Waals surface area contributed by atoms with E-state index in [1.165, 1.54) is 0 Å². The molecule has 1 aliphatic heterocycles. The van der Waals surface area contributed by atoms with Crippen molar-refractivity contribution in [2.75, 3.05) is 39.5 Å². The van der Waals surface area contributed by atoms with E-state index in [9.17, 15) is 4.79 Å². The van der Waals surface area contributed by atoms with Gasteiger partial charge in [0.1, 0.15) is 6.61 Å². The summed E-state index contributed by atoms with van der Waals surface area (Å²) in [6.45, 7) is 5.06. The van der Waals surface area contributed by atoms with Crippen LogP contribution in [0.5, 0.6) is 0 Å². The van der Waals surface area contributed by atoms with Gasteiger partial charge in [-0.15, -0.1) is 0 Å². The van der Waals surface area contributed by atoms with E-state index in [2.05, 4.69) is 6.92 Å². The van der Waals surface area contributed by atoms with Crippen molar-refractivity contribution in [2.24, 2.45) is 5.73 Å². The van der Waals surface area contributed by atoms with Crippen LogP contribution in [-0.4, -0.2) is 56.4 Å². The Kier molecular flexibility index (Phi) is 5.60. The molecule has 1 unspecified atom stereocenters. The van der Waals surface area contributed by atoms with Gasteiger partial charge in [-0.1, -0.05) is 6.92 Å². The zero-order valence-corrected chi connectivity index (χ0v) is 9.28. The molecule has 0 aliphatic carbocycles. The maximum atomic E-state index is 11.6. The zero-order chi connectivity index (χ0) is 11.1. The predicted molar refractivity (Wildman–Crippen MR) is 56.5 cm³/mol. The van der Waals surface area contributed by atoms with Crippen LogP contribution in [0, 0.1) is 0 Å². The lowest BCUT2D eigenvalue weighted by atomic mass is 10.2. The van der Waals surface area contributed by atoms with Crippen LogP contribution in [0.1, 0.15) is 13.3 Å². The summed E-state index contributed by atoms with van der Waals surface area (Å²) in [4.78, 5) is 13.4. The van der Waals surface area contributed by atoms with Gasteiger partial charge in [-0.25, -0.2) is 0 Å². The Morgan fingerprint density at radius 1 is 1.67 bits per heavy atom. The molecule has 0 radical (unpaired) electrons.